The number of benzene rings is 1. The fourth-order valence-electron chi connectivity index (χ4n) is 1.66. The number of esters is 1. The summed E-state index contributed by atoms with van der Waals surface area (Å²) < 4.78 is 4.60. The standard InChI is InChI=1S/C13H15ClN2O2/c1-3-16(8-7-13(17)18-2)12-6-4-5-11(14)10(12)9-15/h4-6H,3,7-8H2,1-2H3. The van der Waals surface area contributed by atoms with Crippen molar-refractivity contribution in [2.24, 2.45) is 0 Å². The fraction of sp³-hybridized carbons (Fsp3) is 0.385. The molecule has 0 atom stereocenters. The molecule has 0 heterocycles. The third-order valence-corrected chi connectivity index (χ3v) is 2.95. The van der Waals surface area contributed by atoms with E-state index in [9.17, 15) is 4.79 Å². The molecule has 0 aliphatic carbocycles. The van der Waals surface area contributed by atoms with Crippen molar-refractivity contribution in [1.82, 2.24) is 0 Å². The maximum atomic E-state index is 11.1. The number of rotatable bonds is 5. The van der Waals surface area contributed by atoms with E-state index in [1.807, 2.05) is 17.9 Å². The predicted octanol–water partition coefficient (Wildman–Crippen LogP) is 2.60. The third kappa shape index (κ3) is 3.38. The van der Waals surface area contributed by atoms with Crippen molar-refractivity contribution in [3.05, 3.63) is 28.8 Å². The van der Waals surface area contributed by atoms with Gasteiger partial charge in [-0.2, -0.15) is 5.26 Å². The first-order valence-corrected chi connectivity index (χ1v) is 6.02. The van der Waals surface area contributed by atoms with E-state index < -0.39 is 0 Å². The lowest BCUT2D eigenvalue weighted by atomic mass is 10.1. The molecule has 0 unspecified atom stereocenters. The van der Waals surface area contributed by atoms with E-state index in [1.54, 1.807) is 12.1 Å². The molecule has 0 N–H and O–H groups in total. The van der Waals surface area contributed by atoms with Crippen molar-refractivity contribution in [1.29, 1.82) is 5.26 Å². The van der Waals surface area contributed by atoms with Crippen LogP contribution in [0.1, 0.15) is 18.9 Å². The number of halogens is 1. The summed E-state index contributed by atoms with van der Waals surface area (Å²) in [6.45, 7) is 3.14. The van der Waals surface area contributed by atoms with Crippen molar-refractivity contribution in [2.45, 2.75) is 13.3 Å². The largest absolute Gasteiger partial charge is 0.469 e. The molecular formula is C13H15ClN2O2. The summed E-state index contributed by atoms with van der Waals surface area (Å²) >= 11 is 5.98. The van der Waals surface area contributed by atoms with E-state index in [-0.39, 0.29) is 12.4 Å². The van der Waals surface area contributed by atoms with Gasteiger partial charge in [0.1, 0.15) is 6.07 Å². The first kappa shape index (κ1) is 14.3. The lowest BCUT2D eigenvalue weighted by Crippen LogP contribution is -2.26. The van der Waals surface area contributed by atoms with Gasteiger partial charge in [0.2, 0.25) is 0 Å². The number of hydrogen-bond acceptors (Lipinski definition) is 4. The molecule has 4 nitrogen and oxygen atoms in total. The SMILES string of the molecule is CCN(CCC(=O)OC)c1cccc(Cl)c1C#N. The molecule has 1 aromatic carbocycles. The highest BCUT2D eigenvalue weighted by molar-refractivity contribution is 6.32. The van der Waals surface area contributed by atoms with Crippen molar-refractivity contribution in [3.63, 3.8) is 0 Å². The zero-order chi connectivity index (χ0) is 13.5. The Balaban J connectivity index is 2.92. The van der Waals surface area contributed by atoms with Gasteiger partial charge in [-0.1, -0.05) is 17.7 Å². The van der Waals surface area contributed by atoms with Gasteiger partial charge in [0.05, 0.1) is 29.8 Å². The van der Waals surface area contributed by atoms with Crippen LogP contribution in [0.25, 0.3) is 0 Å². The molecule has 0 aliphatic rings. The first-order chi connectivity index (χ1) is 8.63. The molecule has 0 spiro atoms. The smallest absolute Gasteiger partial charge is 0.307 e. The van der Waals surface area contributed by atoms with Gasteiger partial charge in [-0.3, -0.25) is 4.79 Å². The zero-order valence-electron chi connectivity index (χ0n) is 10.4. The van der Waals surface area contributed by atoms with Crippen LogP contribution in [0.4, 0.5) is 5.69 Å². The minimum atomic E-state index is -0.269. The van der Waals surface area contributed by atoms with Crippen molar-refractivity contribution in [2.75, 3.05) is 25.1 Å². The predicted molar refractivity (Wildman–Crippen MR) is 70.7 cm³/mol. The first-order valence-electron chi connectivity index (χ1n) is 5.64. The Morgan fingerprint density at radius 2 is 2.28 bits per heavy atom. The molecule has 0 saturated carbocycles. The molecule has 18 heavy (non-hydrogen) atoms. The summed E-state index contributed by atoms with van der Waals surface area (Å²) in [7, 11) is 1.36. The van der Waals surface area contributed by atoms with Crippen LogP contribution in [0.2, 0.25) is 5.02 Å². The van der Waals surface area contributed by atoms with Gasteiger partial charge in [-0.25, -0.2) is 0 Å². The number of methoxy groups -OCH3 is 1. The molecule has 1 aromatic rings. The van der Waals surface area contributed by atoms with Crippen LogP contribution < -0.4 is 4.90 Å². The summed E-state index contributed by atoms with van der Waals surface area (Å²) in [5.74, 6) is -0.269. The Hall–Kier alpha value is -1.73. The van der Waals surface area contributed by atoms with Gasteiger partial charge in [0.25, 0.3) is 0 Å². The Kier molecular flexibility index (Phi) is 5.47. The van der Waals surface area contributed by atoms with Crippen LogP contribution in [0.5, 0.6) is 0 Å². The second-order valence-electron chi connectivity index (χ2n) is 3.65. The highest BCUT2D eigenvalue weighted by atomic mass is 35.5. The van der Waals surface area contributed by atoms with Crippen LogP contribution >= 0.6 is 11.6 Å². The Bertz CT molecular complexity index is 469. The maximum Gasteiger partial charge on any atom is 0.307 e. The number of carbonyl (C=O) groups excluding carboxylic acids is 1. The summed E-state index contributed by atoms with van der Waals surface area (Å²) in [6.07, 6.45) is 0.279. The average molecular weight is 267 g/mol. The molecule has 0 fully saturated rings. The fourth-order valence-corrected chi connectivity index (χ4v) is 1.88. The number of ether oxygens (including phenoxy) is 1. The molecule has 0 aromatic heterocycles. The van der Waals surface area contributed by atoms with E-state index in [0.29, 0.717) is 23.7 Å². The van der Waals surface area contributed by atoms with Crippen molar-refractivity contribution >= 4 is 23.3 Å². The van der Waals surface area contributed by atoms with E-state index in [2.05, 4.69) is 10.8 Å². The number of hydrogen-bond donors (Lipinski definition) is 0. The molecule has 0 bridgehead atoms. The van der Waals surface area contributed by atoms with Crippen LogP contribution in [0, 0.1) is 11.3 Å². The van der Waals surface area contributed by atoms with Crippen molar-refractivity contribution in [3.8, 4) is 6.07 Å². The molecule has 0 amide bonds. The van der Waals surface area contributed by atoms with Crippen molar-refractivity contribution < 1.29 is 9.53 Å². The Morgan fingerprint density at radius 3 is 2.83 bits per heavy atom. The molecular weight excluding hydrogens is 252 g/mol. The van der Waals surface area contributed by atoms with Crippen LogP contribution in [0.15, 0.2) is 18.2 Å². The van der Waals surface area contributed by atoms with Gasteiger partial charge in [0, 0.05) is 13.1 Å². The highest BCUT2D eigenvalue weighted by Crippen LogP contribution is 2.26. The lowest BCUT2D eigenvalue weighted by Gasteiger charge is -2.23. The normalized spacial score (nSPS) is 9.67. The summed E-state index contributed by atoms with van der Waals surface area (Å²) in [5.41, 5.74) is 1.18. The number of nitrogens with zero attached hydrogens (tertiary/aromatic N) is 2. The number of anilines is 1. The summed E-state index contributed by atoms with van der Waals surface area (Å²) in [6, 6.07) is 7.38. The quantitative estimate of drug-likeness (QED) is 0.769. The maximum absolute atomic E-state index is 11.1. The van der Waals surface area contributed by atoms with Gasteiger partial charge in [-0.15, -0.1) is 0 Å². The van der Waals surface area contributed by atoms with E-state index >= 15 is 0 Å². The molecule has 1 rings (SSSR count). The number of carbonyl (C=O) groups is 1. The van der Waals surface area contributed by atoms with Crippen LogP contribution in [-0.4, -0.2) is 26.2 Å². The summed E-state index contributed by atoms with van der Waals surface area (Å²) in [4.78, 5) is 13.1. The van der Waals surface area contributed by atoms with Gasteiger partial charge in [-0.05, 0) is 19.1 Å². The van der Waals surface area contributed by atoms with E-state index in [1.165, 1.54) is 7.11 Å². The minimum absolute atomic E-state index is 0.269. The van der Waals surface area contributed by atoms with Gasteiger partial charge < -0.3 is 9.64 Å². The second kappa shape index (κ2) is 6.87. The van der Waals surface area contributed by atoms with E-state index in [0.717, 1.165) is 5.69 Å². The minimum Gasteiger partial charge on any atom is -0.469 e. The molecule has 0 saturated heterocycles. The number of nitriles is 1. The Labute approximate surface area is 112 Å². The van der Waals surface area contributed by atoms with Crippen LogP contribution in [-0.2, 0) is 9.53 Å². The summed E-state index contributed by atoms with van der Waals surface area (Å²) in [5, 5.41) is 9.54. The van der Waals surface area contributed by atoms with E-state index in [4.69, 9.17) is 16.9 Å². The van der Waals surface area contributed by atoms with Crippen LogP contribution in [0.3, 0.4) is 0 Å². The van der Waals surface area contributed by atoms with Gasteiger partial charge >= 0.3 is 5.97 Å². The molecule has 0 aliphatic heterocycles. The zero-order valence-corrected chi connectivity index (χ0v) is 11.2. The molecule has 96 valence electrons. The second-order valence-corrected chi connectivity index (χ2v) is 4.06. The Morgan fingerprint density at radius 1 is 1.56 bits per heavy atom. The average Bonchev–Trinajstić information content (AvgIpc) is 2.39. The third-order valence-electron chi connectivity index (χ3n) is 2.64. The lowest BCUT2D eigenvalue weighted by molar-refractivity contribution is -0.140. The topological polar surface area (TPSA) is 53.3 Å². The molecule has 0 radical (unpaired) electrons. The van der Waals surface area contributed by atoms with Gasteiger partial charge in [0.15, 0.2) is 0 Å². The monoisotopic (exact) mass is 266 g/mol. The molecule has 5 heteroatoms. The highest BCUT2D eigenvalue weighted by Gasteiger charge is 2.13.